The van der Waals surface area contributed by atoms with E-state index in [0.29, 0.717) is 18.1 Å². The van der Waals surface area contributed by atoms with Crippen molar-refractivity contribution in [3.63, 3.8) is 0 Å². The van der Waals surface area contributed by atoms with Crippen molar-refractivity contribution in [3.05, 3.63) is 0 Å². The number of rotatable bonds is 3. The molecule has 0 bridgehead atoms. The lowest BCUT2D eigenvalue weighted by Gasteiger charge is -2.34. The molecule has 2 rings (SSSR count). The lowest BCUT2D eigenvalue weighted by molar-refractivity contribution is 0.0197. The Kier molecular flexibility index (Phi) is 5.49. The highest BCUT2D eigenvalue weighted by atomic mass is 16.6. The molecule has 0 radical (unpaired) electrons. The second kappa shape index (κ2) is 6.97. The Morgan fingerprint density at radius 2 is 1.95 bits per heavy atom. The molecule has 122 valence electrons. The average Bonchev–Trinajstić information content (AvgIpc) is 2.80. The minimum absolute atomic E-state index is 0.182. The van der Waals surface area contributed by atoms with Crippen molar-refractivity contribution in [2.75, 3.05) is 26.2 Å². The van der Waals surface area contributed by atoms with Gasteiger partial charge < -0.3 is 19.7 Å². The number of hydrogen-bond donors (Lipinski definition) is 1. The number of amides is 1. The van der Waals surface area contributed by atoms with E-state index in [9.17, 15) is 4.79 Å². The van der Waals surface area contributed by atoms with Gasteiger partial charge in [0.05, 0.1) is 6.10 Å². The molecule has 0 saturated carbocycles. The van der Waals surface area contributed by atoms with E-state index in [4.69, 9.17) is 9.47 Å². The second-order valence-corrected chi connectivity index (χ2v) is 7.27. The molecule has 5 nitrogen and oxygen atoms in total. The van der Waals surface area contributed by atoms with Crippen molar-refractivity contribution in [1.82, 2.24) is 10.2 Å². The first kappa shape index (κ1) is 16.6. The van der Waals surface area contributed by atoms with Crippen LogP contribution in [0.5, 0.6) is 0 Å². The third kappa shape index (κ3) is 5.15. The van der Waals surface area contributed by atoms with Gasteiger partial charge in [0, 0.05) is 32.3 Å². The van der Waals surface area contributed by atoms with Crippen LogP contribution in [-0.2, 0) is 9.47 Å². The van der Waals surface area contributed by atoms with Crippen molar-refractivity contribution in [2.45, 2.75) is 64.7 Å². The van der Waals surface area contributed by atoms with Gasteiger partial charge in [0.2, 0.25) is 0 Å². The Hall–Kier alpha value is -0.810. The summed E-state index contributed by atoms with van der Waals surface area (Å²) in [5.41, 5.74) is -0.412. The topological polar surface area (TPSA) is 50.8 Å². The van der Waals surface area contributed by atoms with E-state index in [1.807, 2.05) is 25.7 Å². The van der Waals surface area contributed by atoms with Crippen LogP contribution < -0.4 is 5.32 Å². The molecule has 5 heteroatoms. The van der Waals surface area contributed by atoms with Gasteiger partial charge in [-0.1, -0.05) is 0 Å². The first-order valence-corrected chi connectivity index (χ1v) is 8.18. The van der Waals surface area contributed by atoms with Crippen LogP contribution in [0.25, 0.3) is 0 Å². The van der Waals surface area contributed by atoms with Gasteiger partial charge in [0.1, 0.15) is 5.60 Å². The van der Waals surface area contributed by atoms with Crippen molar-refractivity contribution < 1.29 is 14.3 Å². The highest BCUT2D eigenvalue weighted by Gasteiger charge is 2.28. The number of nitrogens with one attached hydrogen (secondary N) is 1. The molecule has 0 spiro atoms. The summed E-state index contributed by atoms with van der Waals surface area (Å²) in [6.07, 6.45) is 3.35. The molecular weight excluding hydrogens is 268 g/mol. The molecule has 0 aromatic rings. The van der Waals surface area contributed by atoms with E-state index < -0.39 is 5.60 Å². The van der Waals surface area contributed by atoms with Gasteiger partial charge in [-0.05, 0) is 52.9 Å². The number of piperidine rings is 1. The predicted molar refractivity (Wildman–Crippen MR) is 82.4 cm³/mol. The lowest BCUT2D eigenvalue weighted by Crippen LogP contribution is -2.47. The Morgan fingerprint density at radius 1 is 1.29 bits per heavy atom. The van der Waals surface area contributed by atoms with Gasteiger partial charge in [-0.3, -0.25) is 0 Å². The highest BCUT2D eigenvalue weighted by molar-refractivity contribution is 5.68. The van der Waals surface area contributed by atoms with Crippen LogP contribution in [0.1, 0.15) is 47.0 Å². The summed E-state index contributed by atoms with van der Waals surface area (Å²) in [7, 11) is 0. The molecule has 1 N–H and O–H groups in total. The van der Waals surface area contributed by atoms with E-state index in [-0.39, 0.29) is 6.09 Å². The van der Waals surface area contributed by atoms with Crippen molar-refractivity contribution in [1.29, 1.82) is 0 Å². The normalized spacial score (nSPS) is 27.9. The summed E-state index contributed by atoms with van der Waals surface area (Å²) in [5, 5.41) is 3.64. The molecule has 0 aromatic heterocycles. The van der Waals surface area contributed by atoms with Gasteiger partial charge in [-0.25, -0.2) is 4.79 Å². The van der Waals surface area contributed by atoms with Crippen LogP contribution in [-0.4, -0.2) is 55.0 Å². The van der Waals surface area contributed by atoms with Crippen molar-refractivity contribution in [2.24, 2.45) is 5.92 Å². The number of likely N-dealkylation sites (tertiary alicyclic amines) is 1. The van der Waals surface area contributed by atoms with Gasteiger partial charge >= 0.3 is 6.09 Å². The number of nitrogens with zero attached hydrogens (tertiary/aromatic N) is 1. The number of carbonyl (C=O) groups excluding carboxylic acids is 1. The molecule has 2 fully saturated rings. The molecule has 2 aliphatic rings. The number of ether oxygens (including phenoxy) is 2. The van der Waals surface area contributed by atoms with Gasteiger partial charge in [-0.2, -0.15) is 0 Å². The highest BCUT2D eigenvalue weighted by Crippen LogP contribution is 2.21. The van der Waals surface area contributed by atoms with Crippen LogP contribution >= 0.6 is 0 Å². The molecule has 2 atom stereocenters. The van der Waals surface area contributed by atoms with E-state index in [1.165, 1.54) is 0 Å². The molecule has 21 heavy (non-hydrogen) atoms. The van der Waals surface area contributed by atoms with E-state index >= 15 is 0 Å². The van der Waals surface area contributed by atoms with Gasteiger partial charge in [0.15, 0.2) is 0 Å². The fourth-order valence-electron chi connectivity index (χ4n) is 2.95. The smallest absolute Gasteiger partial charge is 0.410 e. The largest absolute Gasteiger partial charge is 0.444 e. The molecule has 0 aromatic carbocycles. The third-order valence-corrected chi connectivity index (χ3v) is 4.35. The Bertz CT molecular complexity index is 346. The molecule has 2 aliphatic heterocycles. The van der Waals surface area contributed by atoms with Crippen molar-refractivity contribution in [3.8, 4) is 0 Å². The quantitative estimate of drug-likeness (QED) is 0.869. The zero-order valence-electron chi connectivity index (χ0n) is 13.9. The molecule has 1 amide bonds. The maximum absolute atomic E-state index is 12.0. The SMILES string of the molecule is CC1OCCC1CNC1CCN(C(=O)OC(C)(C)C)CC1. The first-order chi connectivity index (χ1) is 9.85. The lowest BCUT2D eigenvalue weighted by atomic mass is 10.0. The van der Waals surface area contributed by atoms with Crippen LogP contribution in [0, 0.1) is 5.92 Å². The van der Waals surface area contributed by atoms with Gasteiger partial charge in [-0.15, -0.1) is 0 Å². The van der Waals surface area contributed by atoms with E-state index in [1.54, 1.807) is 0 Å². The molecule has 0 aliphatic carbocycles. The summed E-state index contributed by atoms with van der Waals surface area (Å²) in [6, 6.07) is 0.511. The van der Waals surface area contributed by atoms with E-state index in [0.717, 1.165) is 45.5 Å². The van der Waals surface area contributed by atoms with E-state index in [2.05, 4.69) is 12.2 Å². The van der Waals surface area contributed by atoms with Crippen LogP contribution in [0.4, 0.5) is 4.79 Å². The van der Waals surface area contributed by atoms with Crippen LogP contribution in [0.15, 0.2) is 0 Å². The Morgan fingerprint density at radius 3 is 2.48 bits per heavy atom. The molecule has 2 unspecified atom stereocenters. The van der Waals surface area contributed by atoms with Crippen molar-refractivity contribution >= 4 is 6.09 Å². The standard InChI is InChI=1S/C16H30N2O3/c1-12-13(7-10-20-12)11-17-14-5-8-18(9-6-14)15(19)21-16(2,3)4/h12-14,17H,5-11H2,1-4H3. The predicted octanol–water partition coefficient (Wildman–Crippen LogP) is 2.40. The monoisotopic (exact) mass is 298 g/mol. The fraction of sp³-hybridized carbons (Fsp3) is 0.938. The minimum atomic E-state index is -0.412. The Labute approximate surface area is 128 Å². The maximum atomic E-state index is 12.0. The summed E-state index contributed by atoms with van der Waals surface area (Å²) in [4.78, 5) is 13.8. The molecule has 2 saturated heterocycles. The summed E-state index contributed by atoms with van der Waals surface area (Å²) in [5.74, 6) is 0.633. The van der Waals surface area contributed by atoms with Gasteiger partial charge in [0.25, 0.3) is 0 Å². The average molecular weight is 298 g/mol. The summed E-state index contributed by atoms with van der Waals surface area (Å²) < 4.78 is 11.0. The zero-order chi connectivity index (χ0) is 15.5. The van der Waals surface area contributed by atoms with Crippen LogP contribution in [0.3, 0.4) is 0 Å². The fourth-order valence-corrected chi connectivity index (χ4v) is 2.95. The minimum Gasteiger partial charge on any atom is -0.444 e. The number of hydrogen-bond acceptors (Lipinski definition) is 4. The molecule has 2 heterocycles. The maximum Gasteiger partial charge on any atom is 0.410 e. The Balaban J connectivity index is 1.67. The van der Waals surface area contributed by atoms with Crippen LogP contribution in [0.2, 0.25) is 0 Å². The number of carbonyl (C=O) groups is 1. The third-order valence-electron chi connectivity index (χ3n) is 4.35. The molecular formula is C16H30N2O3. The second-order valence-electron chi connectivity index (χ2n) is 7.27. The summed E-state index contributed by atoms with van der Waals surface area (Å²) in [6.45, 7) is 11.4. The zero-order valence-corrected chi connectivity index (χ0v) is 13.9. The first-order valence-electron chi connectivity index (χ1n) is 8.18. The summed E-state index contributed by atoms with van der Waals surface area (Å²) >= 11 is 0.